The maximum absolute atomic E-state index is 12.6. The summed E-state index contributed by atoms with van der Waals surface area (Å²) in [6.45, 7) is 6.15. The number of aromatic nitrogens is 1. The van der Waals surface area contributed by atoms with Gasteiger partial charge in [0.15, 0.2) is 0 Å². The normalized spacial score (nSPS) is 23.9. The summed E-state index contributed by atoms with van der Waals surface area (Å²) >= 11 is 0. The number of hydrogen-bond acceptors (Lipinski definition) is 5. The summed E-state index contributed by atoms with van der Waals surface area (Å²) in [5.41, 5.74) is -2.70. The van der Waals surface area contributed by atoms with Gasteiger partial charge >= 0.3 is 12.1 Å². The Hall–Kier alpha value is -2.35. The van der Waals surface area contributed by atoms with E-state index in [1.165, 1.54) is 22.9 Å². The second-order valence-corrected chi connectivity index (χ2v) is 9.36. The number of carboxylic acids is 1. The Morgan fingerprint density at radius 1 is 1.17 bits per heavy atom. The molecule has 8 heteroatoms. The number of pyridine rings is 1. The summed E-state index contributed by atoms with van der Waals surface area (Å²) in [5, 5.41) is 20.9. The molecular formula is C21H30N2O6. The number of ether oxygens (including phenoxy) is 1. The molecule has 29 heavy (non-hydrogen) atoms. The van der Waals surface area contributed by atoms with Gasteiger partial charge in [0.25, 0.3) is 5.56 Å². The number of aromatic carboxylic acids is 1. The number of aliphatic hydroxyl groups is 1. The van der Waals surface area contributed by atoms with Crippen LogP contribution >= 0.6 is 0 Å². The van der Waals surface area contributed by atoms with Crippen LogP contribution in [0, 0.1) is 5.41 Å². The molecule has 0 bridgehead atoms. The van der Waals surface area contributed by atoms with Crippen LogP contribution in [0.25, 0.3) is 0 Å². The molecule has 0 aromatic carbocycles. The second-order valence-electron chi connectivity index (χ2n) is 9.36. The smallest absolute Gasteiger partial charge is 0.410 e. The Labute approximate surface area is 170 Å². The Morgan fingerprint density at radius 2 is 1.83 bits per heavy atom. The summed E-state index contributed by atoms with van der Waals surface area (Å²) in [6, 6.07) is 2.48. The van der Waals surface area contributed by atoms with Crippen LogP contribution in [0.5, 0.6) is 0 Å². The highest BCUT2D eigenvalue weighted by Crippen LogP contribution is 2.51. The fourth-order valence-electron chi connectivity index (χ4n) is 4.64. The number of carboxylic acid groups (broad SMARTS) is 1. The molecule has 1 saturated heterocycles. The Balaban J connectivity index is 1.87. The van der Waals surface area contributed by atoms with Gasteiger partial charge in [0, 0.05) is 30.8 Å². The maximum Gasteiger partial charge on any atom is 0.410 e. The lowest BCUT2D eigenvalue weighted by Gasteiger charge is -2.52. The number of amides is 1. The Morgan fingerprint density at radius 3 is 2.41 bits per heavy atom. The van der Waals surface area contributed by atoms with E-state index in [9.17, 15) is 24.6 Å². The number of hydrogen-bond donors (Lipinski definition) is 2. The van der Waals surface area contributed by atoms with Gasteiger partial charge < -0.3 is 24.4 Å². The quantitative estimate of drug-likeness (QED) is 0.798. The van der Waals surface area contributed by atoms with Crippen molar-refractivity contribution in [2.75, 3.05) is 13.1 Å². The average molecular weight is 406 g/mol. The molecule has 160 valence electrons. The van der Waals surface area contributed by atoms with Crippen molar-refractivity contribution >= 4 is 12.1 Å². The molecule has 2 fully saturated rings. The van der Waals surface area contributed by atoms with E-state index in [1.807, 2.05) is 20.8 Å². The van der Waals surface area contributed by atoms with E-state index in [1.54, 1.807) is 4.90 Å². The van der Waals surface area contributed by atoms with Crippen molar-refractivity contribution in [1.82, 2.24) is 9.47 Å². The first-order valence-electron chi connectivity index (χ1n) is 10.1. The van der Waals surface area contributed by atoms with Crippen molar-refractivity contribution in [2.45, 2.75) is 70.6 Å². The van der Waals surface area contributed by atoms with Crippen molar-refractivity contribution in [2.24, 2.45) is 5.41 Å². The van der Waals surface area contributed by atoms with Gasteiger partial charge in [0.1, 0.15) is 5.60 Å². The first-order valence-corrected chi connectivity index (χ1v) is 10.1. The van der Waals surface area contributed by atoms with Gasteiger partial charge in [-0.2, -0.15) is 0 Å². The van der Waals surface area contributed by atoms with Gasteiger partial charge in [-0.3, -0.25) is 4.79 Å². The van der Waals surface area contributed by atoms with Crippen molar-refractivity contribution in [3.8, 4) is 0 Å². The summed E-state index contributed by atoms with van der Waals surface area (Å²) in [5.74, 6) is -1.12. The molecule has 1 aliphatic carbocycles. The van der Waals surface area contributed by atoms with Crippen LogP contribution < -0.4 is 5.56 Å². The molecule has 8 nitrogen and oxygen atoms in total. The average Bonchev–Trinajstić information content (AvgIpc) is 3.08. The van der Waals surface area contributed by atoms with Crippen molar-refractivity contribution in [1.29, 1.82) is 0 Å². The molecular weight excluding hydrogens is 376 g/mol. The molecule has 1 aromatic heterocycles. The first-order chi connectivity index (χ1) is 13.4. The minimum absolute atomic E-state index is 0.000127. The van der Waals surface area contributed by atoms with Gasteiger partial charge in [0.05, 0.1) is 17.7 Å². The molecule has 2 heterocycles. The number of piperidine rings is 1. The standard InChI is InChI=1S/C21H30N2O6/c1-19(2,3)29-18(27)22-11-10-21(28,20(13-22)8-4-5-9-20)14-23-12-15(17(25)26)6-7-16(23)24/h6-7,12,28H,4-5,8-11,13-14H2,1-3H3,(H,25,26). The van der Waals surface area contributed by atoms with E-state index in [2.05, 4.69) is 0 Å². The van der Waals surface area contributed by atoms with Crippen LogP contribution in [0.4, 0.5) is 4.79 Å². The minimum atomic E-state index is -1.21. The highest BCUT2D eigenvalue weighted by molar-refractivity contribution is 5.87. The van der Waals surface area contributed by atoms with E-state index in [-0.39, 0.29) is 17.7 Å². The van der Waals surface area contributed by atoms with Crippen molar-refractivity contribution in [3.05, 3.63) is 34.2 Å². The number of nitrogens with zero attached hydrogens (tertiary/aromatic N) is 2. The zero-order valence-electron chi connectivity index (χ0n) is 17.3. The van der Waals surface area contributed by atoms with E-state index in [0.717, 1.165) is 25.7 Å². The molecule has 3 rings (SSSR count). The van der Waals surface area contributed by atoms with Crippen LogP contribution in [0.15, 0.2) is 23.1 Å². The lowest BCUT2D eigenvalue weighted by molar-refractivity contribution is -0.140. The van der Waals surface area contributed by atoms with Crippen LogP contribution in [0.1, 0.15) is 63.2 Å². The third-order valence-electron chi connectivity index (χ3n) is 6.15. The second kappa shape index (κ2) is 7.48. The fraction of sp³-hybridized carbons (Fsp3) is 0.667. The predicted molar refractivity (Wildman–Crippen MR) is 106 cm³/mol. The molecule has 1 amide bonds. The molecule has 2 N–H and O–H groups in total. The number of rotatable bonds is 3. The summed E-state index contributed by atoms with van der Waals surface area (Å²) in [7, 11) is 0. The molecule has 1 atom stereocenters. The number of carbonyl (C=O) groups is 2. The summed E-state index contributed by atoms with van der Waals surface area (Å²) in [6.07, 6.45) is 4.56. The number of likely N-dealkylation sites (tertiary alicyclic amines) is 1. The molecule has 1 aromatic rings. The monoisotopic (exact) mass is 406 g/mol. The van der Waals surface area contributed by atoms with Gasteiger partial charge in [-0.05, 0) is 46.1 Å². The number of carbonyl (C=O) groups excluding carboxylic acids is 1. The van der Waals surface area contributed by atoms with Crippen LogP contribution in [-0.4, -0.2) is 56.0 Å². The van der Waals surface area contributed by atoms with E-state index in [0.29, 0.717) is 19.5 Å². The fourth-order valence-corrected chi connectivity index (χ4v) is 4.64. The first kappa shape index (κ1) is 21.4. The zero-order valence-corrected chi connectivity index (χ0v) is 17.3. The van der Waals surface area contributed by atoms with E-state index < -0.39 is 28.7 Å². The molecule has 2 aliphatic rings. The lowest BCUT2D eigenvalue weighted by Crippen LogP contribution is -2.62. The van der Waals surface area contributed by atoms with Crippen LogP contribution in [0.2, 0.25) is 0 Å². The SMILES string of the molecule is CC(C)(C)OC(=O)N1CCC(O)(Cn2cc(C(=O)O)ccc2=O)C2(CCCC2)C1. The van der Waals surface area contributed by atoms with Gasteiger partial charge in [0.2, 0.25) is 0 Å². The minimum Gasteiger partial charge on any atom is -0.478 e. The third kappa shape index (κ3) is 4.32. The molecule has 1 saturated carbocycles. The molecule has 1 spiro atoms. The molecule has 1 aliphatic heterocycles. The highest BCUT2D eigenvalue weighted by atomic mass is 16.6. The Kier molecular flexibility index (Phi) is 5.51. The molecule has 0 radical (unpaired) electrons. The van der Waals surface area contributed by atoms with E-state index in [4.69, 9.17) is 4.74 Å². The van der Waals surface area contributed by atoms with Gasteiger partial charge in [-0.1, -0.05) is 12.8 Å². The van der Waals surface area contributed by atoms with Gasteiger partial charge in [-0.15, -0.1) is 0 Å². The predicted octanol–water partition coefficient (Wildman–Crippen LogP) is 2.48. The Bertz CT molecular complexity index is 849. The van der Waals surface area contributed by atoms with Crippen molar-refractivity contribution in [3.63, 3.8) is 0 Å². The third-order valence-corrected chi connectivity index (χ3v) is 6.15. The largest absolute Gasteiger partial charge is 0.478 e. The van der Waals surface area contributed by atoms with E-state index >= 15 is 0 Å². The van der Waals surface area contributed by atoms with Crippen LogP contribution in [-0.2, 0) is 11.3 Å². The molecule has 1 unspecified atom stereocenters. The maximum atomic E-state index is 12.6. The lowest BCUT2D eigenvalue weighted by atomic mass is 9.66. The zero-order chi connectivity index (χ0) is 21.4. The van der Waals surface area contributed by atoms with Gasteiger partial charge in [-0.25, -0.2) is 9.59 Å². The highest BCUT2D eigenvalue weighted by Gasteiger charge is 2.56. The summed E-state index contributed by atoms with van der Waals surface area (Å²) in [4.78, 5) is 37.9. The van der Waals surface area contributed by atoms with Crippen molar-refractivity contribution < 1.29 is 24.5 Å². The van der Waals surface area contributed by atoms with Crippen LogP contribution in [0.3, 0.4) is 0 Å². The summed E-state index contributed by atoms with van der Waals surface area (Å²) < 4.78 is 6.80. The topological polar surface area (TPSA) is 109 Å².